The summed E-state index contributed by atoms with van der Waals surface area (Å²) in [5.41, 5.74) is 12.8. The molecule has 0 saturated heterocycles. The summed E-state index contributed by atoms with van der Waals surface area (Å²) in [4.78, 5) is 4.21. The molecule has 4 aromatic carbocycles. The van der Waals surface area contributed by atoms with E-state index in [2.05, 4.69) is 77.0 Å². The molecule has 1 aliphatic heterocycles. The highest BCUT2D eigenvalue weighted by atomic mass is 14.9. The van der Waals surface area contributed by atoms with Gasteiger partial charge in [0.15, 0.2) is 0 Å². The van der Waals surface area contributed by atoms with E-state index in [0.29, 0.717) is 5.92 Å². The van der Waals surface area contributed by atoms with Crippen LogP contribution in [0.25, 0.3) is 11.1 Å². The molecule has 1 unspecified atom stereocenters. The molecule has 172 valence electrons. The number of anilines is 1. The summed E-state index contributed by atoms with van der Waals surface area (Å²) >= 11 is 0. The first-order chi connectivity index (χ1) is 17.4. The maximum Gasteiger partial charge on any atom is 0.0864 e. The molecule has 0 aromatic heterocycles. The number of hydrogen-bond acceptors (Lipinski definition) is 2. The molecule has 0 amide bonds. The Hall–Kier alpha value is -3.91. The molecular weight excluding hydrogens is 424 g/mol. The Morgan fingerprint density at radius 3 is 2.43 bits per heavy atom. The largest absolute Gasteiger partial charge is 0.360 e. The Bertz CT molecular complexity index is 1400. The van der Waals surface area contributed by atoms with Crippen LogP contribution in [0.4, 0.5) is 11.4 Å². The number of aliphatic imine (C=N–C) groups is 1. The van der Waals surface area contributed by atoms with Gasteiger partial charge in [-0.2, -0.15) is 0 Å². The third kappa shape index (κ3) is 4.33. The lowest BCUT2D eigenvalue weighted by Crippen LogP contribution is -2.18. The van der Waals surface area contributed by atoms with Crippen LogP contribution in [-0.2, 0) is 19.3 Å². The molecule has 3 aliphatic rings. The van der Waals surface area contributed by atoms with Crippen molar-refractivity contribution in [1.82, 2.24) is 0 Å². The molecule has 1 atom stereocenters. The number of rotatable bonds is 1. The van der Waals surface area contributed by atoms with Gasteiger partial charge in [-0.05, 0) is 89.3 Å². The van der Waals surface area contributed by atoms with Crippen molar-refractivity contribution in [2.45, 2.75) is 38.0 Å². The molecule has 0 spiro atoms. The molecule has 0 radical (unpaired) electrons. The van der Waals surface area contributed by atoms with Crippen molar-refractivity contribution in [2.24, 2.45) is 4.99 Å². The van der Waals surface area contributed by atoms with E-state index in [9.17, 15) is 0 Å². The topological polar surface area (TPSA) is 24.4 Å². The first-order valence-electron chi connectivity index (χ1n) is 12.7. The lowest BCUT2D eigenvalue weighted by Gasteiger charge is -2.33. The maximum absolute atomic E-state index is 4.21. The highest BCUT2D eigenvalue weighted by Crippen LogP contribution is 2.46. The van der Waals surface area contributed by atoms with Crippen molar-refractivity contribution in [3.8, 4) is 11.1 Å². The summed E-state index contributed by atoms with van der Waals surface area (Å²) in [7, 11) is 0. The van der Waals surface area contributed by atoms with Crippen molar-refractivity contribution in [1.29, 1.82) is 0 Å². The van der Waals surface area contributed by atoms with Crippen LogP contribution >= 0.6 is 0 Å². The highest BCUT2D eigenvalue weighted by molar-refractivity contribution is 5.81. The summed E-state index contributed by atoms with van der Waals surface area (Å²) in [6, 6.07) is 32.9. The molecule has 7 rings (SSSR count). The number of nitrogens with one attached hydrogen (secondary N) is 1. The van der Waals surface area contributed by atoms with Crippen molar-refractivity contribution < 1.29 is 0 Å². The second-order valence-corrected chi connectivity index (χ2v) is 9.49. The fourth-order valence-electron chi connectivity index (χ4n) is 5.75. The number of hydrogen-bond donors (Lipinski definition) is 1. The van der Waals surface area contributed by atoms with E-state index in [1.807, 2.05) is 36.5 Å². The molecule has 4 aromatic rings. The van der Waals surface area contributed by atoms with E-state index in [0.717, 1.165) is 17.8 Å². The summed E-state index contributed by atoms with van der Waals surface area (Å²) in [5, 5.41) is 3.12. The van der Waals surface area contributed by atoms with E-state index in [4.69, 9.17) is 0 Å². The fraction of sp³-hybridized carbons (Fsp3) is 0.182. The first-order valence-corrected chi connectivity index (χ1v) is 12.7. The number of aryl methyl sites for hydroxylation is 1. The summed E-state index contributed by atoms with van der Waals surface area (Å²) in [6.07, 6.45) is 11.8. The third-order valence-corrected chi connectivity index (χ3v) is 7.40. The Morgan fingerprint density at radius 2 is 1.49 bits per heavy atom. The fourth-order valence-corrected chi connectivity index (χ4v) is 5.75. The van der Waals surface area contributed by atoms with Crippen LogP contribution in [0.5, 0.6) is 0 Å². The molecule has 2 nitrogen and oxygen atoms in total. The predicted octanol–water partition coefficient (Wildman–Crippen LogP) is 8.25. The van der Waals surface area contributed by atoms with Gasteiger partial charge in [-0.1, -0.05) is 78.9 Å². The van der Waals surface area contributed by atoms with E-state index >= 15 is 0 Å². The van der Waals surface area contributed by atoms with Crippen LogP contribution in [-0.4, -0.2) is 6.21 Å². The average Bonchev–Trinajstić information content (AvgIpc) is 3.19. The molecule has 2 heteroatoms. The minimum absolute atomic E-state index is 0.504. The SMILES string of the molecule is C1=CNc2ccccc2N=C1.c1ccc(C2Cc3ccccc3-c3ccc4c(c32)CCCC4)cc1. The minimum Gasteiger partial charge on any atom is -0.360 e. The van der Waals surface area contributed by atoms with Crippen LogP contribution in [0, 0.1) is 0 Å². The summed E-state index contributed by atoms with van der Waals surface area (Å²) in [6.45, 7) is 0. The molecular formula is C33H30N2. The Morgan fingerprint density at radius 1 is 0.686 bits per heavy atom. The van der Waals surface area contributed by atoms with Crippen LogP contribution in [0.2, 0.25) is 0 Å². The maximum atomic E-state index is 4.21. The van der Waals surface area contributed by atoms with Gasteiger partial charge in [-0.15, -0.1) is 0 Å². The zero-order valence-corrected chi connectivity index (χ0v) is 20.0. The van der Waals surface area contributed by atoms with Gasteiger partial charge in [0.2, 0.25) is 0 Å². The standard InChI is InChI=1S/C24H22.C9H8N2/c1-2-8-17(9-3-1)23-16-19-11-5-6-12-20(19)22-15-14-18-10-4-7-13-21(18)24(22)23;1-2-5-9-8(4-1)10-6-3-7-11-9/h1-3,5-6,8-9,11-12,14-15,23H,4,7,10,13,16H2;1-7,10H. The average molecular weight is 455 g/mol. The molecule has 0 saturated carbocycles. The first kappa shape index (κ1) is 21.6. The van der Waals surface area contributed by atoms with E-state index in [-0.39, 0.29) is 0 Å². The van der Waals surface area contributed by atoms with Gasteiger partial charge in [-0.3, -0.25) is 4.99 Å². The molecule has 1 N–H and O–H groups in total. The Labute approximate surface area is 208 Å². The lowest BCUT2D eigenvalue weighted by molar-refractivity contribution is 0.665. The van der Waals surface area contributed by atoms with Gasteiger partial charge in [0, 0.05) is 18.3 Å². The van der Waals surface area contributed by atoms with Gasteiger partial charge >= 0.3 is 0 Å². The van der Waals surface area contributed by atoms with E-state index < -0.39 is 0 Å². The van der Waals surface area contributed by atoms with Crippen molar-refractivity contribution in [3.63, 3.8) is 0 Å². The highest BCUT2D eigenvalue weighted by Gasteiger charge is 2.29. The smallest absolute Gasteiger partial charge is 0.0864 e. The minimum atomic E-state index is 0.504. The molecule has 0 fully saturated rings. The monoisotopic (exact) mass is 454 g/mol. The second kappa shape index (κ2) is 9.76. The van der Waals surface area contributed by atoms with Crippen LogP contribution in [0.15, 0.2) is 108 Å². The third-order valence-electron chi connectivity index (χ3n) is 7.40. The number of benzene rings is 4. The van der Waals surface area contributed by atoms with Gasteiger partial charge in [0.05, 0.1) is 11.4 Å². The Balaban J connectivity index is 0.000000174. The molecule has 0 bridgehead atoms. The zero-order valence-electron chi connectivity index (χ0n) is 20.0. The van der Waals surface area contributed by atoms with Crippen LogP contribution in [0.3, 0.4) is 0 Å². The van der Waals surface area contributed by atoms with Gasteiger partial charge in [-0.25, -0.2) is 0 Å². The van der Waals surface area contributed by atoms with Gasteiger partial charge in [0.1, 0.15) is 0 Å². The van der Waals surface area contributed by atoms with Crippen molar-refractivity contribution in [2.75, 3.05) is 5.32 Å². The Kier molecular flexibility index (Phi) is 6.02. The zero-order chi connectivity index (χ0) is 23.5. The van der Waals surface area contributed by atoms with Crippen LogP contribution < -0.4 is 5.32 Å². The molecule has 1 heterocycles. The quantitative estimate of drug-likeness (QED) is 0.308. The normalized spacial score (nSPS) is 16.9. The van der Waals surface area contributed by atoms with Crippen molar-refractivity contribution >= 4 is 17.6 Å². The number of fused-ring (bicyclic) bond motifs is 6. The van der Waals surface area contributed by atoms with Crippen LogP contribution in [0.1, 0.15) is 46.6 Å². The van der Waals surface area contributed by atoms with E-state index in [1.54, 1.807) is 22.9 Å². The predicted molar refractivity (Wildman–Crippen MR) is 148 cm³/mol. The van der Waals surface area contributed by atoms with Gasteiger partial charge < -0.3 is 5.32 Å². The number of para-hydroxylation sites is 2. The summed E-state index contributed by atoms with van der Waals surface area (Å²) in [5.74, 6) is 0.504. The van der Waals surface area contributed by atoms with Crippen molar-refractivity contribution in [3.05, 3.63) is 131 Å². The summed E-state index contributed by atoms with van der Waals surface area (Å²) < 4.78 is 0. The second-order valence-electron chi connectivity index (χ2n) is 9.49. The number of allylic oxidation sites excluding steroid dienone is 1. The molecule has 35 heavy (non-hydrogen) atoms. The lowest BCUT2D eigenvalue weighted by atomic mass is 9.71. The van der Waals surface area contributed by atoms with E-state index in [1.165, 1.54) is 47.9 Å². The number of nitrogens with zero attached hydrogens (tertiary/aromatic N) is 1. The van der Waals surface area contributed by atoms with Gasteiger partial charge in [0.25, 0.3) is 0 Å². The molecule has 2 aliphatic carbocycles.